The van der Waals surface area contributed by atoms with Gasteiger partial charge in [-0.2, -0.15) is 23.7 Å². The second-order valence-electron chi connectivity index (χ2n) is 3.22. The zero-order valence-electron chi connectivity index (χ0n) is 8.13. The van der Waals surface area contributed by atoms with Gasteiger partial charge in [0.15, 0.2) is 0 Å². The molecule has 0 atom stereocenters. The highest BCUT2D eigenvalue weighted by Gasteiger charge is 2.34. The second-order valence-corrected chi connectivity index (χ2v) is 3.22. The van der Waals surface area contributed by atoms with E-state index in [0.29, 0.717) is 0 Å². The molecule has 17 heavy (non-hydrogen) atoms. The third kappa shape index (κ3) is 1.79. The summed E-state index contributed by atoms with van der Waals surface area (Å²) in [6.07, 6.45) is -4.58. The van der Waals surface area contributed by atoms with E-state index in [1.54, 1.807) is 12.1 Å². The first-order valence-corrected chi connectivity index (χ1v) is 4.37. The van der Waals surface area contributed by atoms with Gasteiger partial charge < -0.3 is 4.98 Å². The zero-order valence-corrected chi connectivity index (χ0v) is 8.13. The van der Waals surface area contributed by atoms with Gasteiger partial charge in [-0.1, -0.05) is 0 Å². The summed E-state index contributed by atoms with van der Waals surface area (Å²) in [4.78, 5) is 5.39. The quantitative estimate of drug-likeness (QED) is 0.762. The van der Waals surface area contributed by atoms with E-state index in [4.69, 9.17) is 10.5 Å². The van der Waals surface area contributed by atoms with Crippen molar-refractivity contribution in [1.82, 2.24) is 9.97 Å². The number of benzene rings is 1. The molecule has 0 spiro atoms. The Labute approximate surface area is 92.9 Å². The third-order valence-electron chi connectivity index (χ3n) is 2.13. The summed E-state index contributed by atoms with van der Waals surface area (Å²) in [5.74, 6) is -1.15. The van der Waals surface area contributed by atoms with E-state index in [1.807, 2.05) is 0 Å². The number of fused-ring (bicyclic) bond motifs is 1. The number of H-pyrrole nitrogens is 1. The number of hydrogen-bond acceptors (Lipinski definition) is 3. The van der Waals surface area contributed by atoms with E-state index < -0.39 is 12.0 Å². The Bertz CT molecular complexity index is 619. The number of nitrogens with zero attached hydrogens (tertiary/aromatic N) is 3. The van der Waals surface area contributed by atoms with Crippen molar-refractivity contribution in [2.24, 2.45) is 0 Å². The minimum Gasteiger partial charge on any atom is -0.334 e. The average Bonchev–Trinajstić information content (AvgIpc) is 2.69. The maximum Gasteiger partial charge on any atom is 0.449 e. The molecule has 1 heterocycles. The first-order valence-electron chi connectivity index (χ1n) is 4.37. The van der Waals surface area contributed by atoms with Crippen LogP contribution >= 0.6 is 0 Å². The van der Waals surface area contributed by atoms with Crippen LogP contribution < -0.4 is 0 Å². The normalized spacial score (nSPS) is 11.1. The van der Waals surface area contributed by atoms with Gasteiger partial charge >= 0.3 is 6.18 Å². The van der Waals surface area contributed by atoms with Crippen molar-refractivity contribution >= 4 is 11.0 Å². The maximum atomic E-state index is 12.4. The molecule has 7 heteroatoms. The minimum absolute atomic E-state index is 0.000208. The molecule has 0 saturated carbocycles. The van der Waals surface area contributed by atoms with Crippen molar-refractivity contribution in [3.05, 3.63) is 29.1 Å². The Kier molecular flexibility index (Phi) is 2.25. The highest BCUT2D eigenvalue weighted by Crippen LogP contribution is 2.29. The standard InChI is InChI=1S/C10H3F3N4/c11-10(12,13)9-16-7-1-5(3-14)6(4-15)2-8(7)17-9/h1-2H,(H,16,17). The van der Waals surface area contributed by atoms with Gasteiger partial charge in [-0.25, -0.2) is 4.98 Å². The van der Waals surface area contributed by atoms with Crippen LogP contribution in [-0.4, -0.2) is 9.97 Å². The van der Waals surface area contributed by atoms with Crippen molar-refractivity contribution in [3.8, 4) is 12.1 Å². The van der Waals surface area contributed by atoms with E-state index in [9.17, 15) is 13.2 Å². The van der Waals surface area contributed by atoms with Gasteiger partial charge in [-0.3, -0.25) is 0 Å². The molecule has 0 amide bonds. The average molecular weight is 236 g/mol. The van der Waals surface area contributed by atoms with Crippen LogP contribution in [0.1, 0.15) is 17.0 Å². The number of aromatic nitrogens is 2. The highest BCUT2D eigenvalue weighted by molar-refractivity contribution is 5.79. The number of hydrogen-bond donors (Lipinski definition) is 1. The molecule has 1 aromatic heterocycles. The largest absolute Gasteiger partial charge is 0.449 e. The van der Waals surface area contributed by atoms with Gasteiger partial charge in [0.05, 0.1) is 22.2 Å². The molecule has 1 aromatic carbocycles. The van der Waals surface area contributed by atoms with Gasteiger partial charge in [0, 0.05) is 0 Å². The van der Waals surface area contributed by atoms with Gasteiger partial charge in [0.25, 0.3) is 0 Å². The topological polar surface area (TPSA) is 76.3 Å². The van der Waals surface area contributed by atoms with Crippen molar-refractivity contribution < 1.29 is 13.2 Å². The summed E-state index contributed by atoms with van der Waals surface area (Å²) in [6.45, 7) is 0. The molecule has 1 N–H and O–H groups in total. The predicted molar refractivity (Wildman–Crippen MR) is 50.5 cm³/mol. The molecule has 0 bridgehead atoms. The van der Waals surface area contributed by atoms with Gasteiger partial charge in [-0.05, 0) is 12.1 Å². The molecule has 2 rings (SSSR count). The molecule has 0 unspecified atom stereocenters. The van der Waals surface area contributed by atoms with Crippen LogP contribution in [0.25, 0.3) is 11.0 Å². The number of rotatable bonds is 0. The molecule has 0 radical (unpaired) electrons. The Morgan fingerprint density at radius 1 is 1.12 bits per heavy atom. The molecule has 84 valence electrons. The lowest BCUT2D eigenvalue weighted by Crippen LogP contribution is -2.06. The predicted octanol–water partition coefficient (Wildman–Crippen LogP) is 2.33. The Balaban J connectivity index is 2.72. The van der Waals surface area contributed by atoms with Crippen molar-refractivity contribution in [2.45, 2.75) is 6.18 Å². The Morgan fingerprint density at radius 2 is 1.71 bits per heavy atom. The van der Waals surface area contributed by atoms with Crippen LogP contribution in [0.15, 0.2) is 12.1 Å². The number of aromatic amines is 1. The van der Waals surface area contributed by atoms with Crippen LogP contribution in [0, 0.1) is 22.7 Å². The second kappa shape index (κ2) is 3.49. The molecular formula is C10H3F3N4. The summed E-state index contributed by atoms with van der Waals surface area (Å²) < 4.78 is 37.1. The number of alkyl halides is 3. The van der Waals surface area contributed by atoms with Crippen LogP contribution in [0.3, 0.4) is 0 Å². The lowest BCUT2D eigenvalue weighted by atomic mass is 10.1. The maximum absolute atomic E-state index is 12.4. The molecule has 0 fully saturated rings. The van der Waals surface area contributed by atoms with E-state index >= 15 is 0 Å². The van der Waals surface area contributed by atoms with Crippen LogP contribution in [0.5, 0.6) is 0 Å². The summed E-state index contributed by atoms with van der Waals surface area (Å²) >= 11 is 0. The molecule has 2 aromatic rings. The fraction of sp³-hybridized carbons (Fsp3) is 0.100. The fourth-order valence-corrected chi connectivity index (χ4v) is 1.38. The van der Waals surface area contributed by atoms with Crippen molar-refractivity contribution in [2.75, 3.05) is 0 Å². The minimum atomic E-state index is -4.58. The van der Waals surface area contributed by atoms with Gasteiger partial charge in [-0.15, -0.1) is 0 Å². The van der Waals surface area contributed by atoms with E-state index in [2.05, 4.69) is 9.97 Å². The molecule has 0 aliphatic heterocycles. The highest BCUT2D eigenvalue weighted by atomic mass is 19.4. The number of imidazole rings is 1. The molecule has 0 saturated heterocycles. The first-order chi connectivity index (χ1) is 7.95. The van der Waals surface area contributed by atoms with Gasteiger partial charge in [0.1, 0.15) is 12.1 Å². The number of nitriles is 2. The van der Waals surface area contributed by atoms with Crippen LogP contribution in [0.4, 0.5) is 13.2 Å². The summed E-state index contributed by atoms with van der Waals surface area (Å²) in [5, 5.41) is 17.4. The molecular weight excluding hydrogens is 233 g/mol. The van der Waals surface area contributed by atoms with E-state index in [-0.39, 0.29) is 22.2 Å². The van der Waals surface area contributed by atoms with Crippen molar-refractivity contribution in [3.63, 3.8) is 0 Å². The Morgan fingerprint density at radius 3 is 2.24 bits per heavy atom. The summed E-state index contributed by atoms with van der Waals surface area (Å²) in [5.41, 5.74) is 0.0957. The monoisotopic (exact) mass is 236 g/mol. The molecule has 0 aliphatic rings. The number of nitrogens with one attached hydrogen (secondary N) is 1. The zero-order chi connectivity index (χ0) is 12.6. The number of halogens is 3. The SMILES string of the molecule is N#Cc1cc2nc(C(F)(F)F)[nH]c2cc1C#N. The van der Waals surface area contributed by atoms with E-state index in [1.165, 1.54) is 6.07 Å². The fourth-order valence-electron chi connectivity index (χ4n) is 1.38. The Hall–Kier alpha value is -2.54. The summed E-state index contributed by atoms with van der Waals surface area (Å²) in [7, 11) is 0. The smallest absolute Gasteiger partial charge is 0.334 e. The van der Waals surface area contributed by atoms with Crippen LogP contribution in [-0.2, 0) is 6.18 Å². The lowest BCUT2D eigenvalue weighted by Gasteiger charge is -1.98. The molecule has 0 aliphatic carbocycles. The summed E-state index contributed by atoms with van der Waals surface area (Å²) in [6, 6.07) is 5.79. The van der Waals surface area contributed by atoms with Gasteiger partial charge in [0.2, 0.25) is 5.82 Å². The van der Waals surface area contributed by atoms with Crippen molar-refractivity contribution in [1.29, 1.82) is 10.5 Å². The lowest BCUT2D eigenvalue weighted by molar-refractivity contribution is -0.144. The first kappa shape index (κ1) is 11.0. The third-order valence-corrected chi connectivity index (χ3v) is 2.13. The molecule has 4 nitrogen and oxygen atoms in total. The van der Waals surface area contributed by atoms with Crippen LogP contribution in [0.2, 0.25) is 0 Å². The van der Waals surface area contributed by atoms with E-state index in [0.717, 1.165) is 6.07 Å².